The van der Waals surface area contributed by atoms with Gasteiger partial charge in [0.15, 0.2) is 11.5 Å². The maximum absolute atomic E-state index is 6.69. The fourth-order valence-corrected chi connectivity index (χ4v) is 5.52. The molecule has 0 radical (unpaired) electrons. The molecule has 1 saturated carbocycles. The lowest BCUT2D eigenvalue weighted by atomic mass is 9.58. The van der Waals surface area contributed by atoms with Gasteiger partial charge in [0, 0.05) is 16.5 Å². The molecule has 1 aliphatic heterocycles. The van der Waals surface area contributed by atoms with Gasteiger partial charge in [-0.15, -0.1) is 12.4 Å². The van der Waals surface area contributed by atoms with Crippen molar-refractivity contribution < 1.29 is 9.47 Å². The van der Waals surface area contributed by atoms with E-state index in [-0.39, 0.29) is 23.9 Å². The molecule has 3 aromatic carbocycles. The monoisotopic (exact) mass is 469 g/mol. The lowest BCUT2D eigenvalue weighted by Gasteiger charge is -2.51. The fourth-order valence-electron chi connectivity index (χ4n) is 5.20. The highest BCUT2D eigenvalue weighted by molar-refractivity contribution is 6.31. The van der Waals surface area contributed by atoms with Gasteiger partial charge >= 0.3 is 0 Å². The van der Waals surface area contributed by atoms with Crippen LogP contribution in [0, 0.1) is 0 Å². The first kappa shape index (κ1) is 23.0. The summed E-state index contributed by atoms with van der Waals surface area (Å²) in [6.07, 6.45) is 4.49. The van der Waals surface area contributed by atoms with Crippen molar-refractivity contribution in [2.24, 2.45) is 0 Å². The van der Waals surface area contributed by atoms with Crippen LogP contribution in [-0.4, -0.2) is 13.7 Å². The molecule has 3 nitrogen and oxygen atoms in total. The predicted molar refractivity (Wildman–Crippen MR) is 132 cm³/mol. The molecule has 0 spiro atoms. The van der Waals surface area contributed by atoms with Crippen molar-refractivity contribution in [1.29, 1.82) is 0 Å². The van der Waals surface area contributed by atoms with Crippen molar-refractivity contribution in [3.63, 3.8) is 0 Å². The fraction of sp³-hybridized carbons (Fsp3) is 0.333. The van der Waals surface area contributed by atoms with E-state index in [1.165, 1.54) is 23.1 Å². The number of hydrogen-bond donors (Lipinski definition) is 1. The largest absolute Gasteiger partial charge is 0.493 e. The van der Waals surface area contributed by atoms with E-state index in [0.29, 0.717) is 6.61 Å². The van der Waals surface area contributed by atoms with Crippen LogP contribution in [0.3, 0.4) is 0 Å². The van der Waals surface area contributed by atoms with Crippen LogP contribution < -0.4 is 14.8 Å². The van der Waals surface area contributed by atoms with Gasteiger partial charge in [0.2, 0.25) is 0 Å². The number of ether oxygens (including phenoxy) is 2. The third-order valence-corrected chi connectivity index (χ3v) is 7.25. The molecule has 0 aromatic heterocycles. The van der Waals surface area contributed by atoms with E-state index in [0.717, 1.165) is 47.9 Å². The van der Waals surface area contributed by atoms with E-state index in [1.54, 1.807) is 7.11 Å². The average molecular weight is 470 g/mol. The SMILES string of the molecule is COc1cc2c(cc1OCc1ccccc1)C(C1(c3ccccc3Cl)CCC1)NCC2.Cl. The molecular formula is C27H29Cl2NO2. The summed E-state index contributed by atoms with van der Waals surface area (Å²) >= 11 is 6.69. The zero-order valence-corrected chi connectivity index (χ0v) is 19.8. The molecule has 5 rings (SSSR count). The van der Waals surface area contributed by atoms with Crippen molar-refractivity contribution in [1.82, 2.24) is 5.32 Å². The molecule has 0 amide bonds. The van der Waals surface area contributed by atoms with E-state index in [9.17, 15) is 0 Å². The Hall–Kier alpha value is -2.20. The molecule has 1 heterocycles. The second-order valence-corrected chi connectivity index (χ2v) is 9.01. The van der Waals surface area contributed by atoms with Crippen molar-refractivity contribution in [2.75, 3.05) is 13.7 Å². The van der Waals surface area contributed by atoms with Crippen LogP contribution in [0.4, 0.5) is 0 Å². The number of methoxy groups -OCH3 is 1. The second-order valence-electron chi connectivity index (χ2n) is 8.60. The number of hydrogen-bond acceptors (Lipinski definition) is 3. The number of benzene rings is 3. The minimum atomic E-state index is 0. The predicted octanol–water partition coefficient (Wildman–Crippen LogP) is 6.66. The number of nitrogens with one attached hydrogen (secondary N) is 1. The molecule has 5 heteroatoms. The van der Waals surface area contributed by atoms with E-state index in [2.05, 4.69) is 41.7 Å². The Balaban J connectivity index is 0.00000245. The lowest BCUT2D eigenvalue weighted by Crippen LogP contribution is -2.49. The Labute approximate surface area is 201 Å². The Kier molecular flexibility index (Phi) is 6.99. The first-order chi connectivity index (χ1) is 15.2. The molecule has 1 unspecified atom stereocenters. The van der Waals surface area contributed by atoms with E-state index >= 15 is 0 Å². The molecule has 32 heavy (non-hydrogen) atoms. The van der Waals surface area contributed by atoms with Gasteiger partial charge < -0.3 is 14.8 Å². The summed E-state index contributed by atoms with van der Waals surface area (Å²) in [6, 6.07) is 23.2. The van der Waals surface area contributed by atoms with Crippen LogP contribution in [0.15, 0.2) is 66.7 Å². The van der Waals surface area contributed by atoms with Gasteiger partial charge in [-0.2, -0.15) is 0 Å². The van der Waals surface area contributed by atoms with Crippen molar-refractivity contribution in [3.8, 4) is 11.5 Å². The van der Waals surface area contributed by atoms with Crippen LogP contribution in [0.25, 0.3) is 0 Å². The molecule has 1 aliphatic carbocycles. The van der Waals surface area contributed by atoms with Gasteiger partial charge in [0.25, 0.3) is 0 Å². The van der Waals surface area contributed by atoms with Gasteiger partial charge in [-0.05, 0) is 66.3 Å². The highest BCUT2D eigenvalue weighted by atomic mass is 35.5. The smallest absolute Gasteiger partial charge is 0.162 e. The third kappa shape index (κ3) is 4.10. The first-order valence-electron chi connectivity index (χ1n) is 11.1. The van der Waals surface area contributed by atoms with Gasteiger partial charge in [-0.25, -0.2) is 0 Å². The van der Waals surface area contributed by atoms with Crippen molar-refractivity contribution >= 4 is 24.0 Å². The molecule has 0 saturated heterocycles. The maximum atomic E-state index is 6.69. The molecule has 1 N–H and O–H groups in total. The molecule has 1 fully saturated rings. The van der Waals surface area contributed by atoms with Gasteiger partial charge in [0.1, 0.15) is 6.61 Å². The van der Waals surface area contributed by atoms with E-state index < -0.39 is 0 Å². The molecule has 1 atom stereocenters. The molecule has 168 valence electrons. The van der Waals surface area contributed by atoms with Gasteiger partial charge in [-0.1, -0.05) is 66.6 Å². The van der Waals surface area contributed by atoms with Crippen LogP contribution in [-0.2, 0) is 18.4 Å². The molecular weight excluding hydrogens is 441 g/mol. The zero-order valence-electron chi connectivity index (χ0n) is 18.3. The molecule has 0 bridgehead atoms. The summed E-state index contributed by atoms with van der Waals surface area (Å²) in [5.74, 6) is 1.60. The summed E-state index contributed by atoms with van der Waals surface area (Å²) in [5, 5.41) is 4.69. The standard InChI is InChI=1S/C27H28ClNO2.ClH/c1-30-24-16-20-12-15-29-26(27(13-7-14-27)22-10-5-6-11-23(22)28)21(20)17-25(24)31-18-19-8-3-2-4-9-19;/h2-6,8-11,16-17,26,29H,7,12-15,18H2,1H3;1H. The number of rotatable bonds is 6. The first-order valence-corrected chi connectivity index (χ1v) is 11.4. The van der Waals surface area contributed by atoms with Gasteiger partial charge in [-0.3, -0.25) is 0 Å². The number of fused-ring (bicyclic) bond motifs is 1. The maximum Gasteiger partial charge on any atom is 0.162 e. The summed E-state index contributed by atoms with van der Waals surface area (Å²) in [6.45, 7) is 1.47. The average Bonchev–Trinajstić information content (AvgIpc) is 2.78. The van der Waals surface area contributed by atoms with Crippen LogP contribution in [0.1, 0.15) is 47.6 Å². The Bertz CT molecular complexity index is 1070. The molecule has 3 aromatic rings. The summed E-state index contributed by atoms with van der Waals surface area (Å²) in [5.41, 5.74) is 5.08. The lowest BCUT2D eigenvalue weighted by molar-refractivity contribution is 0.164. The highest BCUT2D eigenvalue weighted by Crippen LogP contribution is 2.55. The van der Waals surface area contributed by atoms with Crippen LogP contribution in [0.5, 0.6) is 11.5 Å². The second kappa shape index (κ2) is 9.74. The number of halogens is 2. The zero-order chi connectivity index (χ0) is 21.3. The Morgan fingerprint density at radius 1 is 1.00 bits per heavy atom. The summed E-state index contributed by atoms with van der Waals surface area (Å²) in [7, 11) is 1.72. The van der Waals surface area contributed by atoms with Crippen molar-refractivity contribution in [2.45, 2.75) is 43.7 Å². The quantitative estimate of drug-likeness (QED) is 0.437. The topological polar surface area (TPSA) is 30.5 Å². The van der Waals surface area contributed by atoms with Crippen LogP contribution >= 0.6 is 24.0 Å². The molecule has 2 aliphatic rings. The normalized spacial score (nSPS) is 18.6. The summed E-state index contributed by atoms with van der Waals surface area (Å²) < 4.78 is 11.9. The van der Waals surface area contributed by atoms with E-state index in [4.69, 9.17) is 21.1 Å². The minimum Gasteiger partial charge on any atom is -0.493 e. The van der Waals surface area contributed by atoms with E-state index in [1.807, 2.05) is 30.3 Å². The highest BCUT2D eigenvalue weighted by Gasteiger charge is 2.48. The van der Waals surface area contributed by atoms with Gasteiger partial charge in [0.05, 0.1) is 7.11 Å². The third-order valence-electron chi connectivity index (χ3n) is 6.93. The Morgan fingerprint density at radius 3 is 2.44 bits per heavy atom. The van der Waals surface area contributed by atoms with Crippen LogP contribution in [0.2, 0.25) is 5.02 Å². The summed E-state index contributed by atoms with van der Waals surface area (Å²) in [4.78, 5) is 0. The van der Waals surface area contributed by atoms with Crippen molar-refractivity contribution in [3.05, 3.63) is 94.0 Å². The minimum absolute atomic E-state index is 0. The Morgan fingerprint density at radius 2 is 1.75 bits per heavy atom.